The summed E-state index contributed by atoms with van der Waals surface area (Å²) >= 11 is 0. The molecule has 0 bridgehead atoms. The molecule has 0 spiro atoms. The van der Waals surface area contributed by atoms with Gasteiger partial charge in [0.1, 0.15) is 5.69 Å². The molecule has 0 aliphatic carbocycles. The Morgan fingerprint density at radius 2 is 2.23 bits per heavy atom. The molecule has 3 N–H and O–H groups in total. The van der Waals surface area contributed by atoms with Gasteiger partial charge in [-0.25, -0.2) is 8.42 Å². The van der Waals surface area contributed by atoms with Crippen LogP contribution in [0.4, 0.5) is 17.1 Å². The standard InChI is InChI=1S/C10H14N6O4S2/c11-3-5-21-22(19,20)6-4-13-9-2-1-8(14-15-12)7-10(9)16(17)18/h1-2,7,13H,3-6,11H2. The highest BCUT2D eigenvalue weighted by Crippen LogP contribution is 2.29. The van der Waals surface area contributed by atoms with Gasteiger partial charge in [0.15, 0.2) is 0 Å². The molecule has 120 valence electrons. The lowest BCUT2D eigenvalue weighted by Gasteiger charge is -2.08. The van der Waals surface area contributed by atoms with Gasteiger partial charge in [-0.3, -0.25) is 10.1 Å². The summed E-state index contributed by atoms with van der Waals surface area (Å²) in [5.74, 6) is 0.107. The van der Waals surface area contributed by atoms with E-state index in [1.807, 2.05) is 0 Å². The molecule has 0 saturated heterocycles. The summed E-state index contributed by atoms with van der Waals surface area (Å²) < 4.78 is 23.2. The second-order valence-electron chi connectivity index (χ2n) is 3.95. The van der Waals surface area contributed by atoms with Crippen molar-refractivity contribution < 1.29 is 13.3 Å². The summed E-state index contributed by atoms with van der Waals surface area (Å²) in [6.45, 7) is 0.269. The summed E-state index contributed by atoms with van der Waals surface area (Å²) in [6, 6.07) is 3.87. The number of nitrogens with one attached hydrogen (secondary N) is 1. The van der Waals surface area contributed by atoms with Gasteiger partial charge in [0.2, 0.25) is 8.87 Å². The highest BCUT2D eigenvalue weighted by Gasteiger charge is 2.16. The zero-order valence-electron chi connectivity index (χ0n) is 11.4. The molecule has 10 nitrogen and oxygen atoms in total. The maximum absolute atomic E-state index is 11.6. The molecule has 0 fully saturated rings. The first-order valence-electron chi connectivity index (χ1n) is 6.04. The molecule has 0 radical (unpaired) electrons. The molecule has 0 amide bonds. The molecule has 1 rings (SSSR count). The van der Waals surface area contributed by atoms with Crippen LogP contribution in [0.15, 0.2) is 23.3 Å². The largest absolute Gasteiger partial charge is 0.378 e. The van der Waals surface area contributed by atoms with Gasteiger partial charge in [0.05, 0.1) is 10.7 Å². The van der Waals surface area contributed by atoms with Crippen LogP contribution in [0, 0.1) is 10.1 Å². The van der Waals surface area contributed by atoms with E-state index in [-0.39, 0.29) is 35.9 Å². The van der Waals surface area contributed by atoms with Gasteiger partial charge in [-0.2, -0.15) is 0 Å². The van der Waals surface area contributed by atoms with Crippen molar-refractivity contribution in [2.45, 2.75) is 0 Å². The minimum atomic E-state index is -3.33. The van der Waals surface area contributed by atoms with E-state index in [2.05, 4.69) is 15.3 Å². The molecule has 0 unspecified atom stereocenters. The van der Waals surface area contributed by atoms with E-state index < -0.39 is 13.8 Å². The number of hydrogen-bond acceptors (Lipinski definition) is 8. The van der Waals surface area contributed by atoms with Crippen LogP contribution in [-0.4, -0.2) is 37.9 Å². The third kappa shape index (κ3) is 5.77. The Kier molecular flexibility index (Phi) is 6.92. The Morgan fingerprint density at radius 3 is 2.82 bits per heavy atom. The predicted octanol–water partition coefficient (Wildman–Crippen LogP) is 1.97. The first-order valence-corrected chi connectivity index (χ1v) is 9.19. The highest BCUT2D eigenvalue weighted by atomic mass is 33.1. The van der Waals surface area contributed by atoms with Crippen LogP contribution in [-0.2, 0) is 8.87 Å². The second-order valence-corrected chi connectivity index (χ2v) is 8.35. The van der Waals surface area contributed by atoms with E-state index in [1.165, 1.54) is 12.1 Å². The summed E-state index contributed by atoms with van der Waals surface area (Å²) in [4.78, 5) is 12.9. The predicted molar refractivity (Wildman–Crippen MR) is 85.7 cm³/mol. The number of hydrogen-bond donors (Lipinski definition) is 2. The van der Waals surface area contributed by atoms with Gasteiger partial charge in [0, 0.05) is 35.5 Å². The molecule has 1 aromatic rings. The van der Waals surface area contributed by atoms with Gasteiger partial charge in [0.25, 0.3) is 5.69 Å². The SMILES string of the molecule is [N-]=[N+]=Nc1ccc(NCCS(=O)(=O)SCCN)c([N+](=O)[O-])c1. The monoisotopic (exact) mass is 346 g/mol. The molecule has 0 atom stereocenters. The Morgan fingerprint density at radius 1 is 1.50 bits per heavy atom. The Labute approximate surface area is 130 Å². The van der Waals surface area contributed by atoms with Crippen LogP contribution in [0.5, 0.6) is 0 Å². The molecule has 0 aliphatic heterocycles. The van der Waals surface area contributed by atoms with E-state index in [1.54, 1.807) is 0 Å². The van der Waals surface area contributed by atoms with Gasteiger partial charge in [-0.15, -0.1) is 0 Å². The van der Waals surface area contributed by atoms with Crippen LogP contribution >= 0.6 is 10.8 Å². The Bertz CT molecular complexity index is 687. The lowest BCUT2D eigenvalue weighted by Crippen LogP contribution is -2.15. The molecular weight excluding hydrogens is 332 g/mol. The maximum Gasteiger partial charge on any atom is 0.292 e. The fourth-order valence-corrected chi connectivity index (χ4v) is 3.95. The van der Waals surface area contributed by atoms with Crippen molar-refractivity contribution in [3.63, 3.8) is 0 Å². The molecular formula is C10H14N6O4S2. The van der Waals surface area contributed by atoms with E-state index in [4.69, 9.17) is 11.3 Å². The summed E-state index contributed by atoms with van der Waals surface area (Å²) in [5, 5.41) is 17.0. The zero-order valence-corrected chi connectivity index (χ0v) is 13.0. The van der Waals surface area contributed by atoms with Crippen molar-refractivity contribution in [3.8, 4) is 0 Å². The van der Waals surface area contributed by atoms with Crippen molar-refractivity contribution in [1.29, 1.82) is 0 Å². The Balaban J connectivity index is 2.77. The van der Waals surface area contributed by atoms with Crippen LogP contribution in [0.3, 0.4) is 0 Å². The molecule has 22 heavy (non-hydrogen) atoms. The Hall–Kier alpha value is -2.01. The van der Waals surface area contributed by atoms with Crippen LogP contribution in [0.25, 0.3) is 10.4 Å². The zero-order chi connectivity index (χ0) is 16.6. The number of benzene rings is 1. The summed E-state index contributed by atoms with van der Waals surface area (Å²) in [5.41, 5.74) is 13.5. The van der Waals surface area contributed by atoms with Crippen LogP contribution in [0.2, 0.25) is 0 Å². The average molecular weight is 346 g/mol. The first kappa shape index (κ1) is 18.0. The van der Waals surface area contributed by atoms with Crippen molar-refractivity contribution in [3.05, 3.63) is 38.8 Å². The minimum absolute atomic E-state index is 0.0155. The van der Waals surface area contributed by atoms with E-state index >= 15 is 0 Å². The van der Waals surface area contributed by atoms with E-state index in [9.17, 15) is 18.5 Å². The average Bonchev–Trinajstić information content (AvgIpc) is 2.46. The third-order valence-electron chi connectivity index (χ3n) is 2.39. The highest BCUT2D eigenvalue weighted by molar-refractivity contribution is 8.72. The maximum atomic E-state index is 11.6. The summed E-state index contributed by atoms with van der Waals surface area (Å²) in [6.07, 6.45) is 0. The van der Waals surface area contributed by atoms with Gasteiger partial charge in [-0.05, 0) is 22.4 Å². The fourth-order valence-electron chi connectivity index (χ4n) is 1.48. The van der Waals surface area contributed by atoms with Gasteiger partial charge >= 0.3 is 0 Å². The first-order chi connectivity index (χ1) is 10.4. The lowest BCUT2D eigenvalue weighted by atomic mass is 10.2. The smallest absolute Gasteiger partial charge is 0.292 e. The number of nitrogens with two attached hydrogens (primary N) is 1. The van der Waals surface area contributed by atoms with Crippen molar-refractivity contribution in [2.24, 2.45) is 10.8 Å². The van der Waals surface area contributed by atoms with Crippen LogP contribution in [0.1, 0.15) is 0 Å². The molecule has 0 aromatic heterocycles. The van der Waals surface area contributed by atoms with Crippen molar-refractivity contribution in [1.82, 2.24) is 0 Å². The number of nitrogens with zero attached hydrogens (tertiary/aromatic N) is 4. The van der Waals surface area contributed by atoms with E-state index in [0.717, 1.165) is 16.9 Å². The lowest BCUT2D eigenvalue weighted by molar-refractivity contribution is -0.383. The van der Waals surface area contributed by atoms with Gasteiger partial charge < -0.3 is 11.1 Å². The number of azide groups is 1. The number of anilines is 1. The molecule has 0 saturated carbocycles. The fraction of sp³-hybridized carbons (Fsp3) is 0.400. The molecule has 1 aromatic carbocycles. The van der Waals surface area contributed by atoms with Crippen molar-refractivity contribution in [2.75, 3.05) is 29.9 Å². The quantitative estimate of drug-likeness (QED) is 0.172. The topological polar surface area (TPSA) is 164 Å². The third-order valence-corrected chi connectivity index (χ3v) is 5.93. The molecule has 12 heteroatoms. The minimum Gasteiger partial charge on any atom is -0.378 e. The molecule has 0 aliphatic rings. The second kappa shape index (κ2) is 8.44. The molecule has 0 heterocycles. The summed E-state index contributed by atoms with van der Waals surface area (Å²) in [7, 11) is -2.57. The van der Waals surface area contributed by atoms with Crippen LogP contribution < -0.4 is 11.1 Å². The van der Waals surface area contributed by atoms with E-state index in [0.29, 0.717) is 5.75 Å². The number of nitro groups is 1. The number of rotatable bonds is 9. The van der Waals surface area contributed by atoms with Crippen molar-refractivity contribution >= 4 is 36.7 Å². The normalized spacial score (nSPS) is 10.8. The van der Waals surface area contributed by atoms with Gasteiger partial charge in [-0.1, -0.05) is 11.2 Å². The number of nitro benzene ring substituents is 1.